The van der Waals surface area contributed by atoms with Crippen molar-refractivity contribution in [3.63, 3.8) is 0 Å². The van der Waals surface area contributed by atoms with Gasteiger partial charge in [-0.3, -0.25) is 0 Å². The van der Waals surface area contributed by atoms with Gasteiger partial charge in [-0.05, 0) is 24.6 Å². The lowest BCUT2D eigenvalue weighted by atomic mass is 10.0. The Morgan fingerprint density at radius 3 is 2.42 bits per heavy atom. The summed E-state index contributed by atoms with van der Waals surface area (Å²) in [6.07, 6.45) is 4.07. The van der Waals surface area contributed by atoms with Crippen LogP contribution in [0, 0.1) is 0 Å². The Kier molecular flexibility index (Phi) is 7.55. The first kappa shape index (κ1) is 19.3. The summed E-state index contributed by atoms with van der Waals surface area (Å²) in [7, 11) is 0. The average molecular weight is 335 g/mol. The molecule has 0 heterocycles. The fourth-order valence-electron chi connectivity index (χ4n) is 1.89. The van der Waals surface area contributed by atoms with Crippen LogP contribution in [0.1, 0.15) is 12.5 Å². The number of benzene rings is 1. The lowest BCUT2D eigenvalue weighted by molar-refractivity contribution is 0.161. The number of aliphatic imine (C=N–C) groups is 1. The molecule has 0 unspecified atom stereocenters. The number of alkyl halides is 2. The molecule has 1 aromatic rings. The Balaban J connectivity index is 2.88. The van der Waals surface area contributed by atoms with Crippen molar-refractivity contribution >= 4 is 17.5 Å². The van der Waals surface area contributed by atoms with Gasteiger partial charge < -0.3 is 11.1 Å². The molecule has 6 heteroatoms. The van der Waals surface area contributed by atoms with Crippen LogP contribution in [0.15, 0.2) is 71.7 Å². The Labute approximate surface area is 139 Å². The number of nitrogens with two attached hydrogens (primary N) is 1. The maximum atomic E-state index is 13.2. The number of halogens is 3. The number of anilines is 1. The van der Waals surface area contributed by atoms with Crippen LogP contribution >= 0.6 is 0 Å². The molecule has 3 N–H and O–H groups in total. The Bertz CT molecular complexity index is 667. The first-order valence-electron chi connectivity index (χ1n) is 7.13. The Morgan fingerprint density at radius 2 is 1.96 bits per heavy atom. The molecule has 0 atom stereocenters. The van der Waals surface area contributed by atoms with Gasteiger partial charge in [0.05, 0.1) is 0 Å². The molecular formula is C18H20F3N3. The quantitative estimate of drug-likeness (QED) is 0.412. The maximum Gasteiger partial charge on any atom is 0.331 e. The molecule has 0 saturated heterocycles. The minimum absolute atomic E-state index is 0.242. The van der Waals surface area contributed by atoms with E-state index in [4.69, 9.17) is 5.73 Å². The van der Waals surface area contributed by atoms with E-state index in [1.165, 1.54) is 12.2 Å². The second-order valence-corrected chi connectivity index (χ2v) is 4.92. The summed E-state index contributed by atoms with van der Waals surface area (Å²) in [6, 6.07) is 6.90. The lowest BCUT2D eigenvalue weighted by Crippen LogP contribution is -2.05. The molecule has 1 aromatic carbocycles. The van der Waals surface area contributed by atoms with E-state index < -0.39 is 12.4 Å². The zero-order valence-electron chi connectivity index (χ0n) is 13.4. The molecule has 0 bridgehead atoms. The first-order chi connectivity index (χ1) is 11.3. The van der Waals surface area contributed by atoms with Gasteiger partial charge in [-0.15, -0.1) is 0 Å². The second-order valence-electron chi connectivity index (χ2n) is 4.92. The van der Waals surface area contributed by atoms with Gasteiger partial charge in [0.1, 0.15) is 5.83 Å². The van der Waals surface area contributed by atoms with E-state index in [9.17, 15) is 13.2 Å². The number of nitrogens with one attached hydrogen (secondary N) is 1. The molecular weight excluding hydrogens is 315 g/mol. The van der Waals surface area contributed by atoms with Crippen LogP contribution < -0.4 is 11.1 Å². The summed E-state index contributed by atoms with van der Waals surface area (Å²) in [5.41, 5.74) is 8.29. The molecule has 0 radical (unpaired) electrons. The van der Waals surface area contributed by atoms with Crippen molar-refractivity contribution in [2.45, 2.75) is 13.5 Å². The van der Waals surface area contributed by atoms with Crippen molar-refractivity contribution in [3.8, 4) is 0 Å². The summed E-state index contributed by atoms with van der Waals surface area (Å²) in [5, 5.41) is 3.04. The predicted molar refractivity (Wildman–Crippen MR) is 94.7 cm³/mol. The summed E-state index contributed by atoms with van der Waals surface area (Å²) in [4.78, 5) is 3.06. The molecule has 0 aromatic heterocycles. The molecule has 0 aliphatic rings. The van der Waals surface area contributed by atoms with Gasteiger partial charge >= 0.3 is 6.55 Å². The third kappa shape index (κ3) is 6.16. The van der Waals surface area contributed by atoms with Gasteiger partial charge in [0.15, 0.2) is 0 Å². The van der Waals surface area contributed by atoms with E-state index in [0.717, 1.165) is 11.9 Å². The topological polar surface area (TPSA) is 50.4 Å². The van der Waals surface area contributed by atoms with Crippen LogP contribution in [0.2, 0.25) is 0 Å². The summed E-state index contributed by atoms with van der Waals surface area (Å²) in [5.74, 6) is -0.536. The molecule has 0 spiro atoms. The fraction of sp³-hybridized carbons (Fsp3) is 0.167. The third-order valence-electron chi connectivity index (χ3n) is 3.09. The van der Waals surface area contributed by atoms with Gasteiger partial charge in [-0.2, -0.15) is 8.78 Å². The second kappa shape index (κ2) is 9.39. The van der Waals surface area contributed by atoms with Crippen LogP contribution in [0.5, 0.6) is 0 Å². The van der Waals surface area contributed by atoms with E-state index in [0.29, 0.717) is 22.4 Å². The fourth-order valence-corrected chi connectivity index (χ4v) is 1.89. The van der Waals surface area contributed by atoms with E-state index in [1.54, 1.807) is 31.2 Å². The first-order valence-corrected chi connectivity index (χ1v) is 7.13. The minimum Gasteiger partial charge on any atom is -0.402 e. The van der Waals surface area contributed by atoms with Crippen LogP contribution in [-0.4, -0.2) is 19.3 Å². The molecule has 3 nitrogen and oxygen atoms in total. The Morgan fingerprint density at radius 1 is 1.33 bits per heavy atom. The number of allylic oxidation sites excluding steroid dienone is 4. The predicted octanol–water partition coefficient (Wildman–Crippen LogP) is 4.68. The summed E-state index contributed by atoms with van der Waals surface area (Å²) in [6.45, 7) is 5.84. The van der Waals surface area contributed by atoms with Gasteiger partial charge in [0.2, 0.25) is 0 Å². The van der Waals surface area contributed by atoms with Crippen LogP contribution in [-0.2, 0) is 0 Å². The van der Waals surface area contributed by atoms with Crippen molar-refractivity contribution in [3.05, 3.63) is 72.2 Å². The zero-order chi connectivity index (χ0) is 18.1. The molecule has 0 fully saturated rings. The van der Waals surface area contributed by atoms with E-state index in [1.807, 2.05) is 0 Å². The highest BCUT2D eigenvalue weighted by Gasteiger charge is 2.05. The van der Waals surface area contributed by atoms with E-state index in [2.05, 4.69) is 23.5 Å². The van der Waals surface area contributed by atoms with E-state index in [-0.39, 0.29) is 6.54 Å². The summed E-state index contributed by atoms with van der Waals surface area (Å²) < 4.78 is 37.7. The minimum atomic E-state index is -2.79. The van der Waals surface area contributed by atoms with Crippen molar-refractivity contribution in [2.75, 3.05) is 11.9 Å². The third-order valence-corrected chi connectivity index (χ3v) is 3.09. The van der Waals surface area contributed by atoms with Crippen molar-refractivity contribution in [1.82, 2.24) is 0 Å². The maximum absolute atomic E-state index is 13.2. The van der Waals surface area contributed by atoms with Gasteiger partial charge in [-0.25, -0.2) is 9.38 Å². The smallest absolute Gasteiger partial charge is 0.331 e. The molecule has 0 amide bonds. The zero-order valence-corrected chi connectivity index (χ0v) is 13.4. The molecule has 1 rings (SSSR count). The largest absolute Gasteiger partial charge is 0.402 e. The number of rotatable bonds is 8. The highest BCUT2D eigenvalue weighted by molar-refractivity contribution is 6.10. The average Bonchev–Trinajstić information content (AvgIpc) is 2.52. The summed E-state index contributed by atoms with van der Waals surface area (Å²) >= 11 is 0. The van der Waals surface area contributed by atoms with Gasteiger partial charge in [0.25, 0.3) is 0 Å². The highest BCUT2D eigenvalue weighted by atomic mass is 19.3. The van der Waals surface area contributed by atoms with Crippen molar-refractivity contribution in [2.24, 2.45) is 10.7 Å². The van der Waals surface area contributed by atoms with E-state index >= 15 is 0 Å². The molecule has 128 valence electrons. The van der Waals surface area contributed by atoms with Crippen LogP contribution in [0.4, 0.5) is 18.9 Å². The number of hydrogen-bond acceptors (Lipinski definition) is 3. The number of nitrogens with zero attached hydrogens (tertiary/aromatic N) is 1. The molecule has 0 saturated carbocycles. The lowest BCUT2D eigenvalue weighted by Gasteiger charge is -2.10. The molecule has 24 heavy (non-hydrogen) atoms. The number of hydrogen-bond donors (Lipinski definition) is 2. The van der Waals surface area contributed by atoms with Crippen LogP contribution in [0.25, 0.3) is 5.57 Å². The van der Waals surface area contributed by atoms with Crippen LogP contribution in [0.3, 0.4) is 0 Å². The Hall–Kier alpha value is -2.76. The molecule has 0 aliphatic carbocycles. The van der Waals surface area contributed by atoms with Gasteiger partial charge in [0, 0.05) is 35.3 Å². The van der Waals surface area contributed by atoms with Gasteiger partial charge in [-0.1, -0.05) is 37.4 Å². The van der Waals surface area contributed by atoms with Crippen molar-refractivity contribution < 1.29 is 13.2 Å². The monoisotopic (exact) mass is 335 g/mol. The molecule has 0 aliphatic heterocycles. The highest BCUT2D eigenvalue weighted by Crippen LogP contribution is 2.19. The van der Waals surface area contributed by atoms with Crippen molar-refractivity contribution in [1.29, 1.82) is 0 Å². The normalized spacial score (nSPS) is 13.1. The SMILES string of the molecule is C=C/C=C(/CNc1ccc(C(/C=N/C(F)F)=C(\C)N)cc1)C(=C)F. The standard InChI is InChI=1S/C18H20F3N3/c1-4-5-15(12(2)19)10-23-16-8-6-14(7-9-16)17(13(3)22)11-24-18(20)21/h4-9,11,18,23H,1-2,10,22H2,3H3/b15-5-,17-13+,24-11+.